The molecule has 0 aliphatic carbocycles. The summed E-state index contributed by atoms with van der Waals surface area (Å²) in [6.07, 6.45) is 4.76. The van der Waals surface area contributed by atoms with E-state index >= 15 is 0 Å². The molecular weight excluding hydrogens is 262 g/mol. The molecular formula is C14H21NOS2. The van der Waals surface area contributed by atoms with Crippen molar-refractivity contribution >= 4 is 23.1 Å². The van der Waals surface area contributed by atoms with E-state index in [1.165, 1.54) is 35.6 Å². The molecule has 1 aromatic heterocycles. The normalized spacial score (nSPS) is 22.7. The Balaban J connectivity index is 1.64. The average molecular weight is 283 g/mol. The van der Waals surface area contributed by atoms with E-state index in [9.17, 15) is 0 Å². The number of fused-ring (bicyclic) bond motifs is 1. The monoisotopic (exact) mass is 283 g/mol. The van der Waals surface area contributed by atoms with E-state index in [-0.39, 0.29) is 6.04 Å². The highest BCUT2D eigenvalue weighted by atomic mass is 32.2. The number of hydrogen-bond donors (Lipinski definition) is 1. The Morgan fingerprint density at radius 1 is 1.39 bits per heavy atom. The van der Waals surface area contributed by atoms with Crippen LogP contribution in [0, 0.1) is 5.92 Å². The van der Waals surface area contributed by atoms with Gasteiger partial charge in [-0.15, -0.1) is 11.3 Å². The second-order valence-corrected chi connectivity index (χ2v) is 7.57. The van der Waals surface area contributed by atoms with E-state index in [1.807, 2.05) is 23.1 Å². The number of ether oxygens (including phenoxy) is 1. The number of nitrogens with two attached hydrogens (primary N) is 1. The standard InChI is InChI=1S/C14H21NOS2/c15-12(7-10-1-4-16-5-2-10)14-8-11-9-17-6-3-13(11)18-14/h8,10,12H,1-7,9,15H2. The Morgan fingerprint density at radius 2 is 2.22 bits per heavy atom. The zero-order chi connectivity index (χ0) is 12.4. The Hall–Kier alpha value is -0.0300. The van der Waals surface area contributed by atoms with Crippen molar-refractivity contribution < 1.29 is 4.74 Å². The van der Waals surface area contributed by atoms with Crippen LogP contribution in [-0.4, -0.2) is 19.0 Å². The molecule has 0 spiro atoms. The van der Waals surface area contributed by atoms with Gasteiger partial charge in [-0.05, 0) is 49.0 Å². The molecule has 1 saturated heterocycles. The SMILES string of the molecule is NC(CC1CCOCC1)c1cc2c(s1)CCSC2. The molecule has 3 heterocycles. The highest BCUT2D eigenvalue weighted by molar-refractivity contribution is 7.98. The van der Waals surface area contributed by atoms with Crippen LogP contribution in [0.3, 0.4) is 0 Å². The third kappa shape index (κ3) is 2.93. The van der Waals surface area contributed by atoms with Crippen molar-refractivity contribution in [2.24, 2.45) is 11.7 Å². The van der Waals surface area contributed by atoms with Gasteiger partial charge in [-0.25, -0.2) is 0 Å². The van der Waals surface area contributed by atoms with E-state index < -0.39 is 0 Å². The first-order valence-electron chi connectivity index (χ1n) is 6.85. The first-order chi connectivity index (χ1) is 8.83. The summed E-state index contributed by atoms with van der Waals surface area (Å²) >= 11 is 4.01. The van der Waals surface area contributed by atoms with Crippen LogP contribution in [0.1, 0.15) is 40.6 Å². The van der Waals surface area contributed by atoms with Crippen LogP contribution < -0.4 is 5.73 Å². The van der Waals surface area contributed by atoms with Gasteiger partial charge in [-0.3, -0.25) is 0 Å². The maximum Gasteiger partial charge on any atom is 0.0468 e. The minimum absolute atomic E-state index is 0.244. The molecule has 3 rings (SSSR count). The van der Waals surface area contributed by atoms with Crippen LogP contribution in [0.4, 0.5) is 0 Å². The van der Waals surface area contributed by atoms with Gasteiger partial charge in [0.1, 0.15) is 0 Å². The summed E-state index contributed by atoms with van der Waals surface area (Å²) in [5.74, 6) is 3.24. The third-order valence-corrected chi connectivity index (χ3v) is 6.32. The van der Waals surface area contributed by atoms with Crippen molar-refractivity contribution in [3.63, 3.8) is 0 Å². The van der Waals surface area contributed by atoms with Crippen molar-refractivity contribution in [1.29, 1.82) is 0 Å². The quantitative estimate of drug-likeness (QED) is 0.924. The number of aryl methyl sites for hydroxylation is 1. The van der Waals surface area contributed by atoms with Crippen LogP contribution in [0.2, 0.25) is 0 Å². The summed E-state index contributed by atoms with van der Waals surface area (Å²) in [6.45, 7) is 1.85. The zero-order valence-corrected chi connectivity index (χ0v) is 12.3. The second kappa shape index (κ2) is 5.95. The van der Waals surface area contributed by atoms with Crippen molar-refractivity contribution in [2.45, 2.75) is 37.5 Å². The van der Waals surface area contributed by atoms with Crippen LogP contribution in [-0.2, 0) is 16.9 Å². The Labute approximate surface area is 117 Å². The fourth-order valence-corrected chi connectivity index (χ4v) is 5.20. The van der Waals surface area contributed by atoms with Gasteiger partial charge in [0.25, 0.3) is 0 Å². The van der Waals surface area contributed by atoms with Gasteiger partial charge in [0.05, 0.1) is 0 Å². The molecule has 0 radical (unpaired) electrons. The molecule has 0 bridgehead atoms. The molecule has 0 saturated carbocycles. The van der Waals surface area contributed by atoms with E-state index in [1.54, 1.807) is 10.4 Å². The molecule has 1 aromatic rings. The Morgan fingerprint density at radius 3 is 3.00 bits per heavy atom. The van der Waals surface area contributed by atoms with Crippen LogP contribution in [0.25, 0.3) is 0 Å². The summed E-state index contributed by atoms with van der Waals surface area (Å²) in [7, 11) is 0. The predicted octanol–water partition coefficient (Wildman–Crippen LogP) is 3.35. The van der Waals surface area contributed by atoms with E-state index in [0.29, 0.717) is 0 Å². The number of thiophene rings is 1. The number of rotatable bonds is 3. The van der Waals surface area contributed by atoms with Gasteiger partial charge in [0.15, 0.2) is 0 Å². The maximum absolute atomic E-state index is 6.40. The molecule has 0 amide bonds. The highest BCUT2D eigenvalue weighted by Crippen LogP contribution is 2.36. The largest absolute Gasteiger partial charge is 0.381 e. The summed E-state index contributed by atoms with van der Waals surface area (Å²) < 4.78 is 5.41. The molecule has 100 valence electrons. The molecule has 1 fully saturated rings. The van der Waals surface area contributed by atoms with Crippen LogP contribution in [0.15, 0.2) is 6.07 Å². The molecule has 4 heteroatoms. The molecule has 18 heavy (non-hydrogen) atoms. The fourth-order valence-electron chi connectivity index (χ4n) is 2.81. The second-order valence-electron chi connectivity index (χ2n) is 5.30. The van der Waals surface area contributed by atoms with Gasteiger partial charge in [-0.2, -0.15) is 11.8 Å². The average Bonchev–Trinajstić information content (AvgIpc) is 2.84. The Kier molecular flexibility index (Phi) is 4.29. The van der Waals surface area contributed by atoms with E-state index in [2.05, 4.69) is 6.07 Å². The smallest absolute Gasteiger partial charge is 0.0468 e. The molecule has 2 aliphatic rings. The van der Waals surface area contributed by atoms with Crippen molar-refractivity contribution in [1.82, 2.24) is 0 Å². The summed E-state index contributed by atoms with van der Waals surface area (Å²) in [5.41, 5.74) is 7.95. The first kappa shape index (κ1) is 13.0. The fraction of sp³-hybridized carbons (Fsp3) is 0.714. The molecule has 2 nitrogen and oxygen atoms in total. The summed E-state index contributed by atoms with van der Waals surface area (Å²) in [5, 5.41) is 0. The minimum Gasteiger partial charge on any atom is -0.381 e. The van der Waals surface area contributed by atoms with Crippen LogP contribution >= 0.6 is 23.1 Å². The molecule has 2 aliphatic heterocycles. The lowest BCUT2D eigenvalue weighted by Crippen LogP contribution is -2.21. The van der Waals surface area contributed by atoms with Gasteiger partial charge < -0.3 is 10.5 Å². The summed E-state index contributed by atoms with van der Waals surface area (Å²) in [6, 6.07) is 2.62. The van der Waals surface area contributed by atoms with E-state index in [4.69, 9.17) is 10.5 Å². The maximum atomic E-state index is 6.40. The van der Waals surface area contributed by atoms with Gasteiger partial charge in [0.2, 0.25) is 0 Å². The zero-order valence-electron chi connectivity index (χ0n) is 10.7. The molecule has 2 N–H and O–H groups in total. The summed E-state index contributed by atoms with van der Waals surface area (Å²) in [4.78, 5) is 3.00. The van der Waals surface area contributed by atoms with Gasteiger partial charge in [0, 0.05) is 34.8 Å². The molecule has 1 unspecified atom stereocenters. The van der Waals surface area contributed by atoms with Gasteiger partial charge in [-0.1, -0.05) is 0 Å². The highest BCUT2D eigenvalue weighted by Gasteiger charge is 2.21. The third-order valence-electron chi connectivity index (χ3n) is 3.94. The number of hydrogen-bond acceptors (Lipinski definition) is 4. The lowest BCUT2D eigenvalue weighted by molar-refractivity contribution is 0.0619. The predicted molar refractivity (Wildman–Crippen MR) is 79.3 cm³/mol. The van der Waals surface area contributed by atoms with Crippen molar-refractivity contribution in [3.8, 4) is 0 Å². The molecule has 1 atom stereocenters. The topological polar surface area (TPSA) is 35.2 Å². The van der Waals surface area contributed by atoms with Crippen LogP contribution in [0.5, 0.6) is 0 Å². The number of thioether (sulfide) groups is 1. The first-order valence-corrected chi connectivity index (χ1v) is 8.82. The van der Waals surface area contributed by atoms with E-state index in [0.717, 1.165) is 25.6 Å². The van der Waals surface area contributed by atoms with Crippen molar-refractivity contribution in [2.75, 3.05) is 19.0 Å². The van der Waals surface area contributed by atoms with Gasteiger partial charge >= 0.3 is 0 Å². The minimum atomic E-state index is 0.244. The lowest BCUT2D eigenvalue weighted by Gasteiger charge is -2.24. The lowest BCUT2D eigenvalue weighted by atomic mass is 9.92. The molecule has 0 aromatic carbocycles. The Bertz CT molecular complexity index is 375. The van der Waals surface area contributed by atoms with Crippen molar-refractivity contribution in [3.05, 3.63) is 21.4 Å².